The number of aromatic amines is 1. The van der Waals surface area contributed by atoms with Crippen molar-refractivity contribution in [3.8, 4) is 0 Å². The molecule has 1 fully saturated rings. The quantitative estimate of drug-likeness (QED) is 0.841. The third kappa shape index (κ3) is 2.23. The maximum absolute atomic E-state index is 12.0. The van der Waals surface area contributed by atoms with Gasteiger partial charge in [-0.1, -0.05) is 6.42 Å². The van der Waals surface area contributed by atoms with Crippen LogP contribution >= 0.6 is 0 Å². The average molecular weight is 261 g/mol. The second kappa shape index (κ2) is 4.49. The Bertz CT molecular complexity index is 707. The monoisotopic (exact) mass is 261 g/mol. The van der Waals surface area contributed by atoms with Gasteiger partial charge in [0.25, 0.3) is 5.56 Å². The van der Waals surface area contributed by atoms with Crippen molar-refractivity contribution in [1.82, 2.24) is 24.3 Å². The molecule has 100 valence electrons. The fourth-order valence-corrected chi connectivity index (χ4v) is 2.17. The lowest BCUT2D eigenvalue weighted by atomic mass is 9.83. The van der Waals surface area contributed by atoms with E-state index >= 15 is 0 Å². The van der Waals surface area contributed by atoms with E-state index in [1.165, 1.54) is 22.0 Å². The van der Waals surface area contributed by atoms with Gasteiger partial charge in [0.1, 0.15) is 0 Å². The second-order valence-corrected chi connectivity index (χ2v) is 4.91. The highest BCUT2D eigenvalue weighted by molar-refractivity contribution is 5.09. The summed E-state index contributed by atoms with van der Waals surface area (Å²) in [6.45, 7) is 0.229. The Balaban J connectivity index is 1.85. The van der Waals surface area contributed by atoms with E-state index in [0.29, 0.717) is 11.7 Å². The first-order valence-electron chi connectivity index (χ1n) is 6.32. The maximum atomic E-state index is 12.0. The van der Waals surface area contributed by atoms with Crippen LogP contribution in [-0.2, 0) is 13.6 Å². The number of rotatable bonds is 3. The highest BCUT2D eigenvalue weighted by Crippen LogP contribution is 2.34. The van der Waals surface area contributed by atoms with Gasteiger partial charge in [0.05, 0.1) is 18.6 Å². The van der Waals surface area contributed by atoms with Gasteiger partial charge in [-0.25, -0.2) is 14.5 Å². The molecular formula is C12H15N5O2. The number of H-pyrrole nitrogens is 1. The standard InChI is InChI=1S/C12H15N5O2/c1-16-12(19)14-10(15-16)6-17-7-13-9(5-11(17)18)8-3-2-4-8/h5,7-8H,2-4,6H2,1H3,(H,14,15,19). The minimum atomic E-state index is -0.290. The molecule has 7 nitrogen and oxygen atoms in total. The van der Waals surface area contributed by atoms with Crippen LogP contribution in [0.3, 0.4) is 0 Å². The van der Waals surface area contributed by atoms with Crippen molar-refractivity contribution in [1.29, 1.82) is 0 Å². The van der Waals surface area contributed by atoms with Crippen LogP contribution in [-0.4, -0.2) is 24.3 Å². The van der Waals surface area contributed by atoms with Crippen molar-refractivity contribution >= 4 is 0 Å². The molecule has 0 spiro atoms. The molecule has 0 radical (unpaired) electrons. The van der Waals surface area contributed by atoms with Gasteiger partial charge in [0.15, 0.2) is 5.82 Å². The Kier molecular flexibility index (Phi) is 2.81. The van der Waals surface area contributed by atoms with Crippen LogP contribution in [0.4, 0.5) is 0 Å². The first-order chi connectivity index (χ1) is 9.13. The summed E-state index contributed by atoms with van der Waals surface area (Å²) in [6, 6.07) is 1.59. The molecule has 1 N–H and O–H groups in total. The van der Waals surface area contributed by atoms with Crippen molar-refractivity contribution in [3.05, 3.63) is 44.8 Å². The molecule has 0 amide bonds. The summed E-state index contributed by atoms with van der Waals surface area (Å²) in [7, 11) is 1.56. The Morgan fingerprint density at radius 2 is 2.21 bits per heavy atom. The predicted molar refractivity (Wildman–Crippen MR) is 68.0 cm³/mol. The fraction of sp³-hybridized carbons (Fsp3) is 0.500. The van der Waals surface area contributed by atoms with E-state index in [0.717, 1.165) is 18.5 Å². The van der Waals surface area contributed by atoms with Crippen LogP contribution in [0.1, 0.15) is 36.7 Å². The smallest absolute Gasteiger partial charge is 0.292 e. The second-order valence-electron chi connectivity index (χ2n) is 4.91. The molecular weight excluding hydrogens is 246 g/mol. The summed E-state index contributed by atoms with van der Waals surface area (Å²) in [6.07, 6.45) is 4.97. The number of nitrogens with one attached hydrogen (secondary N) is 1. The zero-order chi connectivity index (χ0) is 13.4. The molecule has 1 saturated carbocycles. The van der Waals surface area contributed by atoms with E-state index in [1.54, 1.807) is 13.1 Å². The average Bonchev–Trinajstić information content (AvgIpc) is 2.60. The number of aromatic nitrogens is 5. The van der Waals surface area contributed by atoms with Crippen molar-refractivity contribution in [2.24, 2.45) is 7.05 Å². The Morgan fingerprint density at radius 1 is 1.42 bits per heavy atom. The van der Waals surface area contributed by atoms with Crippen molar-refractivity contribution in [3.63, 3.8) is 0 Å². The first-order valence-corrected chi connectivity index (χ1v) is 6.32. The molecule has 0 aromatic carbocycles. The molecule has 1 aliphatic rings. The summed E-state index contributed by atoms with van der Waals surface area (Å²) >= 11 is 0. The Labute approximate surface area is 108 Å². The lowest BCUT2D eigenvalue weighted by molar-refractivity contribution is 0.408. The molecule has 0 saturated heterocycles. The van der Waals surface area contributed by atoms with Gasteiger partial charge in [-0.3, -0.25) is 14.3 Å². The van der Waals surface area contributed by atoms with Crippen LogP contribution in [0, 0.1) is 0 Å². The summed E-state index contributed by atoms with van der Waals surface area (Å²) in [5.74, 6) is 0.893. The molecule has 0 aliphatic heterocycles. The van der Waals surface area contributed by atoms with Gasteiger partial charge >= 0.3 is 5.69 Å². The topological polar surface area (TPSA) is 85.6 Å². The van der Waals surface area contributed by atoms with Crippen molar-refractivity contribution < 1.29 is 0 Å². The summed E-state index contributed by atoms with van der Waals surface area (Å²) in [4.78, 5) is 30.1. The van der Waals surface area contributed by atoms with E-state index in [4.69, 9.17) is 0 Å². The molecule has 2 aromatic heterocycles. The summed E-state index contributed by atoms with van der Waals surface area (Å²) in [5, 5.41) is 3.99. The van der Waals surface area contributed by atoms with E-state index in [9.17, 15) is 9.59 Å². The van der Waals surface area contributed by atoms with Gasteiger partial charge in [-0.2, -0.15) is 5.10 Å². The van der Waals surface area contributed by atoms with Crippen LogP contribution in [0.25, 0.3) is 0 Å². The first kappa shape index (κ1) is 11.9. The molecule has 7 heteroatoms. The van der Waals surface area contributed by atoms with Crippen LogP contribution < -0.4 is 11.2 Å². The van der Waals surface area contributed by atoms with E-state index in [2.05, 4.69) is 15.1 Å². The summed E-state index contributed by atoms with van der Waals surface area (Å²) in [5.41, 5.74) is 0.479. The lowest BCUT2D eigenvalue weighted by Crippen LogP contribution is -2.24. The maximum Gasteiger partial charge on any atom is 0.343 e. The number of hydrogen-bond donors (Lipinski definition) is 1. The van der Waals surface area contributed by atoms with Crippen LogP contribution in [0.5, 0.6) is 0 Å². The van der Waals surface area contributed by atoms with Crippen LogP contribution in [0.2, 0.25) is 0 Å². The number of aryl methyl sites for hydroxylation is 1. The van der Waals surface area contributed by atoms with Crippen molar-refractivity contribution in [2.45, 2.75) is 31.7 Å². The normalized spacial score (nSPS) is 15.4. The van der Waals surface area contributed by atoms with Gasteiger partial charge in [-0.05, 0) is 12.8 Å². The molecule has 1 aliphatic carbocycles. The van der Waals surface area contributed by atoms with Gasteiger partial charge in [0, 0.05) is 19.0 Å². The molecule has 2 heterocycles. The number of hydrogen-bond acceptors (Lipinski definition) is 4. The molecule has 0 atom stereocenters. The zero-order valence-electron chi connectivity index (χ0n) is 10.7. The summed E-state index contributed by atoms with van der Waals surface area (Å²) < 4.78 is 2.65. The molecule has 0 bridgehead atoms. The van der Waals surface area contributed by atoms with E-state index in [-0.39, 0.29) is 17.8 Å². The zero-order valence-corrected chi connectivity index (χ0v) is 10.7. The third-order valence-electron chi connectivity index (χ3n) is 3.56. The molecule has 3 rings (SSSR count). The Hall–Kier alpha value is -2.18. The fourth-order valence-electron chi connectivity index (χ4n) is 2.17. The van der Waals surface area contributed by atoms with Gasteiger partial charge in [0.2, 0.25) is 0 Å². The molecule has 2 aromatic rings. The van der Waals surface area contributed by atoms with Crippen molar-refractivity contribution in [2.75, 3.05) is 0 Å². The Morgan fingerprint density at radius 3 is 2.74 bits per heavy atom. The molecule has 19 heavy (non-hydrogen) atoms. The van der Waals surface area contributed by atoms with Gasteiger partial charge < -0.3 is 0 Å². The number of nitrogens with zero attached hydrogens (tertiary/aromatic N) is 4. The predicted octanol–water partition coefficient (Wildman–Crippen LogP) is -0.0191. The SMILES string of the molecule is Cn1nc(Cn2cnc(C3CCC3)cc2=O)[nH]c1=O. The largest absolute Gasteiger partial charge is 0.343 e. The molecule has 0 unspecified atom stereocenters. The van der Waals surface area contributed by atoms with E-state index < -0.39 is 0 Å². The minimum absolute atomic E-state index is 0.108. The van der Waals surface area contributed by atoms with Gasteiger partial charge in [-0.15, -0.1) is 0 Å². The highest BCUT2D eigenvalue weighted by Gasteiger charge is 2.21. The third-order valence-corrected chi connectivity index (χ3v) is 3.56. The lowest BCUT2D eigenvalue weighted by Gasteiger charge is -2.24. The van der Waals surface area contributed by atoms with E-state index in [1.807, 2.05) is 0 Å². The van der Waals surface area contributed by atoms with Crippen LogP contribution in [0.15, 0.2) is 22.0 Å². The minimum Gasteiger partial charge on any atom is -0.292 e. The highest BCUT2D eigenvalue weighted by atomic mass is 16.2.